The summed E-state index contributed by atoms with van der Waals surface area (Å²) in [6.07, 6.45) is 0. The van der Waals surface area contributed by atoms with Crippen molar-refractivity contribution in [2.45, 2.75) is 20.4 Å². The number of halogens is 2. The minimum Gasteiger partial charge on any atom is -0.266 e. The third kappa shape index (κ3) is 3.53. The SMILES string of the molecule is CCn1nc(C)c(Br)c1C(=O)NNC(=O)c1ccc(Br)s1. The van der Waals surface area contributed by atoms with Gasteiger partial charge in [0, 0.05) is 6.54 Å². The highest BCUT2D eigenvalue weighted by Crippen LogP contribution is 2.22. The van der Waals surface area contributed by atoms with E-state index in [1.54, 1.807) is 23.7 Å². The highest BCUT2D eigenvalue weighted by Gasteiger charge is 2.20. The average molecular weight is 436 g/mol. The van der Waals surface area contributed by atoms with E-state index in [-0.39, 0.29) is 5.91 Å². The summed E-state index contributed by atoms with van der Waals surface area (Å²) in [5.74, 6) is -0.789. The van der Waals surface area contributed by atoms with Crippen LogP contribution in [0.25, 0.3) is 0 Å². The monoisotopic (exact) mass is 434 g/mol. The minimum atomic E-state index is -0.423. The molecule has 0 saturated carbocycles. The molecule has 2 rings (SSSR count). The molecular formula is C12H12Br2N4O2S. The molecule has 2 amide bonds. The Bertz CT molecular complexity index is 695. The molecule has 2 aromatic heterocycles. The van der Waals surface area contributed by atoms with E-state index < -0.39 is 5.91 Å². The average Bonchev–Trinajstić information content (AvgIpc) is 3.00. The molecule has 2 heterocycles. The lowest BCUT2D eigenvalue weighted by molar-refractivity contribution is 0.0842. The quantitative estimate of drug-likeness (QED) is 0.727. The summed E-state index contributed by atoms with van der Waals surface area (Å²) in [4.78, 5) is 24.5. The molecule has 0 saturated heterocycles. The van der Waals surface area contributed by atoms with Crippen LogP contribution in [0.4, 0.5) is 0 Å². The Morgan fingerprint density at radius 3 is 2.52 bits per heavy atom. The Labute approximate surface area is 142 Å². The normalized spacial score (nSPS) is 10.5. The molecule has 0 aliphatic heterocycles. The van der Waals surface area contributed by atoms with E-state index in [0.717, 1.165) is 9.48 Å². The fraction of sp³-hybridized carbons (Fsp3) is 0.250. The van der Waals surface area contributed by atoms with Crippen molar-refractivity contribution in [3.05, 3.63) is 36.7 Å². The second kappa shape index (κ2) is 6.71. The third-order valence-corrected chi connectivity index (χ3v) is 5.23. The molecule has 0 bridgehead atoms. The highest BCUT2D eigenvalue weighted by atomic mass is 79.9. The Balaban J connectivity index is 2.07. The van der Waals surface area contributed by atoms with Gasteiger partial charge in [-0.3, -0.25) is 25.1 Å². The first kappa shape index (κ1) is 16.2. The zero-order valence-electron chi connectivity index (χ0n) is 11.2. The molecule has 0 fully saturated rings. The zero-order chi connectivity index (χ0) is 15.6. The van der Waals surface area contributed by atoms with E-state index >= 15 is 0 Å². The summed E-state index contributed by atoms with van der Waals surface area (Å²) in [5.41, 5.74) is 5.88. The summed E-state index contributed by atoms with van der Waals surface area (Å²) in [6, 6.07) is 3.44. The van der Waals surface area contributed by atoms with E-state index in [0.29, 0.717) is 21.6 Å². The lowest BCUT2D eigenvalue weighted by atomic mass is 10.3. The number of carbonyl (C=O) groups is 2. The minimum absolute atomic E-state index is 0.366. The van der Waals surface area contributed by atoms with Gasteiger partial charge in [0.2, 0.25) is 0 Å². The van der Waals surface area contributed by atoms with Gasteiger partial charge in [0.05, 0.1) is 18.8 Å². The molecule has 0 aliphatic carbocycles. The van der Waals surface area contributed by atoms with Crippen LogP contribution in [-0.4, -0.2) is 21.6 Å². The van der Waals surface area contributed by atoms with Crippen LogP contribution < -0.4 is 10.9 Å². The van der Waals surface area contributed by atoms with Gasteiger partial charge in [-0.05, 0) is 57.8 Å². The van der Waals surface area contributed by atoms with Crippen molar-refractivity contribution in [2.24, 2.45) is 0 Å². The van der Waals surface area contributed by atoms with Gasteiger partial charge in [-0.2, -0.15) is 5.10 Å². The van der Waals surface area contributed by atoms with E-state index in [1.165, 1.54) is 11.3 Å². The number of aryl methyl sites for hydroxylation is 2. The van der Waals surface area contributed by atoms with Crippen LogP contribution in [-0.2, 0) is 6.54 Å². The number of thiophene rings is 1. The van der Waals surface area contributed by atoms with Gasteiger partial charge in [-0.15, -0.1) is 11.3 Å². The Kier molecular flexibility index (Phi) is 5.17. The molecule has 9 heteroatoms. The number of hydrazine groups is 1. The molecule has 2 N–H and O–H groups in total. The first-order chi connectivity index (χ1) is 9.93. The Hall–Kier alpha value is -1.19. The van der Waals surface area contributed by atoms with Gasteiger partial charge >= 0.3 is 0 Å². The smallest absolute Gasteiger partial charge is 0.266 e. The molecule has 112 valence electrons. The largest absolute Gasteiger partial charge is 0.289 e. The molecule has 6 nitrogen and oxygen atoms in total. The van der Waals surface area contributed by atoms with Gasteiger partial charge in [-0.1, -0.05) is 0 Å². The number of amides is 2. The lowest BCUT2D eigenvalue weighted by Gasteiger charge is -2.08. The number of aromatic nitrogens is 2. The van der Waals surface area contributed by atoms with Gasteiger partial charge in [0.25, 0.3) is 11.8 Å². The van der Waals surface area contributed by atoms with E-state index in [4.69, 9.17) is 0 Å². The van der Waals surface area contributed by atoms with Crippen LogP contribution in [0.5, 0.6) is 0 Å². The zero-order valence-corrected chi connectivity index (χ0v) is 15.2. The van der Waals surface area contributed by atoms with Crippen molar-refractivity contribution in [3.63, 3.8) is 0 Å². The first-order valence-corrected chi connectivity index (χ1v) is 8.43. The Morgan fingerprint density at radius 2 is 1.95 bits per heavy atom. The molecule has 0 radical (unpaired) electrons. The van der Waals surface area contributed by atoms with E-state index in [1.807, 2.05) is 6.92 Å². The summed E-state index contributed by atoms with van der Waals surface area (Å²) in [5, 5.41) is 4.23. The third-order valence-electron chi connectivity index (χ3n) is 2.66. The van der Waals surface area contributed by atoms with Crippen LogP contribution >= 0.6 is 43.2 Å². The molecular weight excluding hydrogens is 424 g/mol. The second-order valence-electron chi connectivity index (χ2n) is 4.08. The lowest BCUT2D eigenvalue weighted by Crippen LogP contribution is -2.42. The summed E-state index contributed by atoms with van der Waals surface area (Å²) < 4.78 is 3.04. The molecule has 0 unspecified atom stereocenters. The number of hydrogen-bond acceptors (Lipinski definition) is 4. The maximum atomic E-state index is 12.2. The van der Waals surface area contributed by atoms with Gasteiger partial charge in [-0.25, -0.2) is 0 Å². The van der Waals surface area contributed by atoms with Crippen molar-refractivity contribution >= 4 is 55.0 Å². The molecule has 0 spiro atoms. The predicted octanol–water partition coefficient (Wildman–Crippen LogP) is 2.87. The summed E-state index contributed by atoms with van der Waals surface area (Å²) in [7, 11) is 0. The van der Waals surface area contributed by atoms with Crippen molar-refractivity contribution < 1.29 is 9.59 Å². The van der Waals surface area contributed by atoms with E-state index in [2.05, 4.69) is 47.8 Å². The molecule has 21 heavy (non-hydrogen) atoms. The van der Waals surface area contributed by atoms with E-state index in [9.17, 15) is 9.59 Å². The number of rotatable bonds is 3. The fourth-order valence-electron chi connectivity index (χ4n) is 1.68. The number of hydrogen-bond donors (Lipinski definition) is 2. The molecule has 0 atom stereocenters. The highest BCUT2D eigenvalue weighted by molar-refractivity contribution is 9.11. The maximum Gasteiger partial charge on any atom is 0.289 e. The fourth-order valence-corrected chi connectivity index (χ4v) is 3.42. The van der Waals surface area contributed by atoms with Gasteiger partial charge in [0.1, 0.15) is 5.69 Å². The van der Waals surface area contributed by atoms with Crippen LogP contribution in [0, 0.1) is 6.92 Å². The van der Waals surface area contributed by atoms with Crippen LogP contribution in [0.15, 0.2) is 20.4 Å². The topological polar surface area (TPSA) is 76.0 Å². The van der Waals surface area contributed by atoms with Crippen LogP contribution in [0.2, 0.25) is 0 Å². The summed E-state index contributed by atoms with van der Waals surface area (Å²) in [6.45, 7) is 4.24. The maximum absolute atomic E-state index is 12.2. The summed E-state index contributed by atoms with van der Waals surface area (Å²) >= 11 is 7.90. The number of nitrogens with zero attached hydrogens (tertiary/aromatic N) is 2. The molecule has 0 aromatic carbocycles. The van der Waals surface area contributed by atoms with Gasteiger partial charge < -0.3 is 0 Å². The Morgan fingerprint density at radius 1 is 1.29 bits per heavy atom. The van der Waals surface area contributed by atoms with Crippen molar-refractivity contribution in [3.8, 4) is 0 Å². The molecule has 0 aliphatic rings. The van der Waals surface area contributed by atoms with Crippen molar-refractivity contribution in [1.29, 1.82) is 0 Å². The molecule has 2 aromatic rings. The predicted molar refractivity (Wildman–Crippen MR) is 87.3 cm³/mol. The standard InChI is InChI=1S/C12H12Br2N4O2S/c1-3-18-10(9(14)6(2)17-18)12(20)16-15-11(19)7-4-5-8(13)21-7/h4-5H,3H2,1-2H3,(H,15,19)(H,16,20). The van der Waals surface area contributed by atoms with Crippen LogP contribution in [0.1, 0.15) is 32.8 Å². The second-order valence-corrected chi connectivity index (χ2v) is 7.33. The first-order valence-electron chi connectivity index (χ1n) is 6.03. The number of nitrogens with one attached hydrogen (secondary N) is 2. The van der Waals surface area contributed by atoms with Crippen molar-refractivity contribution in [2.75, 3.05) is 0 Å². The van der Waals surface area contributed by atoms with Crippen LogP contribution in [0.3, 0.4) is 0 Å². The van der Waals surface area contributed by atoms with Gasteiger partial charge in [0.15, 0.2) is 0 Å². The van der Waals surface area contributed by atoms with Crippen molar-refractivity contribution in [1.82, 2.24) is 20.6 Å². The number of carbonyl (C=O) groups excluding carboxylic acids is 2.